The van der Waals surface area contributed by atoms with Crippen LogP contribution in [0.25, 0.3) is 0 Å². The van der Waals surface area contributed by atoms with Crippen molar-refractivity contribution in [1.82, 2.24) is 5.32 Å². The molecule has 1 fully saturated rings. The largest absolute Gasteiger partial charge is 0.356 e. The molecule has 92 valence electrons. The fraction of sp³-hybridized carbons (Fsp3) is 0.786. The second kappa shape index (κ2) is 5.03. The van der Waals surface area contributed by atoms with Crippen LogP contribution < -0.4 is 5.32 Å². The highest BCUT2D eigenvalue weighted by Gasteiger charge is 2.38. The van der Waals surface area contributed by atoms with E-state index in [1.807, 2.05) is 6.92 Å². The van der Waals surface area contributed by atoms with Crippen LogP contribution in [-0.4, -0.2) is 12.5 Å². The first-order chi connectivity index (χ1) is 7.37. The average molecular weight is 223 g/mol. The maximum Gasteiger partial charge on any atom is 0.223 e. The van der Waals surface area contributed by atoms with E-state index in [0.717, 1.165) is 25.0 Å². The molecule has 0 saturated heterocycles. The second-order valence-corrected chi connectivity index (χ2v) is 5.86. The minimum Gasteiger partial charge on any atom is -0.356 e. The van der Waals surface area contributed by atoms with Crippen LogP contribution >= 0.6 is 0 Å². The van der Waals surface area contributed by atoms with Gasteiger partial charge in [-0.15, -0.1) is 0 Å². The van der Waals surface area contributed by atoms with Crippen LogP contribution in [0, 0.1) is 17.3 Å². The third-order valence-electron chi connectivity index (χ3n) is 3.71. The summed E-state index contributed by atoms with van der Waals surface area (Å²) in [6.07, 6.45) is 3.28. The number of carbonyl (C=O) groups excluding carboxylic acids is 1. The SMILES string of the molecule is C=C(C)[C@H]1CCC(C)(C)C[C@@H]1C(=O)NCC. The summed E-state index contributed by atoms with van der Waals surface area (Å²) in [6.45, 7) is 13.3. The Bertz CT molecular complexity index is 280. The molecule has 1 rings (SSSR count). The number of nitrogens with one attached hydrogen (secondary N) is 1. The summed E-state index contributed by atoms with van der Waals surface area (Å²) >= 11 is 0. The summed E-state index contributed by atoms with van der Waals surface area (Å²) in [7, 11) is 0. The van der Waals surface area contributed by atoms with Crippen molar-refractivity contribution in [2.75, 3.05) is 6.54 Å². The Morgan fingerprint density at radius 2 is 2.06 bits per heavy atom. The van der Waals surface area contributed by atoms with E-state index in [0.29, 0.717) is 11.3 Å². The van der Waals surface area contributed by atoms with Crippen molar-refractivity contribution in [3.8, 4) is 0 Å². The highest BCUT2D eigenvalue weighted by molar-refractivity contribution is 5.79. The number of hydrogen-bond acceptors (Lipinski definition) is 1. The van der Waals surface area contributed by atoms with Gasteiger partial charge < -0.3 is 5.32 Å². The van der Waals surface area contributed by atoms with Gasteiger partial charge in [0.1, 0.15) is 0 Å². The van der Waals surface area contributed by atoms with Crippen LogP contribution in [0.2, 0.25) is 0 Å². The van der Waals surface area contributed by atoms with Gasteiger partial charge in [-0.2, -0.15) is 0 Å². The molecule has 1 aliphatic carbocycles. The maximum absolute atomic E-state index is 12.0. The molecular formula is C14H25NO. The van der Waals surface area contributed by atoms with Gasteiger partial charge in [0.25, 0.3) is 0 Å². The molecule has 1 aliphatic rings. The fourth-order valence-corrected chi connectivity index (χ4v) is 2.76. The van der Waals surface area contributed by atoms with Gasteiger partial charge in [0, 0.05) is 12.5 Å². The van der Waals surface area contributed by atoms with Gasteiger partial charge >= 0.3 is 0 Å². The van der Waals surface area contributed by atoms with Gasteiger partial charge in [-0.05, 0) is 44.4 Å². The zero-order valence-electron chi connectivity index (χ0n) is 11.1. The van der Waals surface area contributed by atoms with Gasteiger partial charge in [0.2, 0.25) is 5.91 Å². The Morgan fingerprint density at radius 1 is 1.44 bits per heavy atom. The van der Waals surface area contributed by atoms with E-state index in [-0.39, 0.29) is 11.8 Å². The van der Waals surface area contributed by atoms with Crippen LogP contribution in [0.3, 0.4) is 0 Å². The summed E-state index contributed by atoms with van der Waals surface area (Å²) in [6, 6.07) is 0. The fourth-order valence-electron chi connectivity index (χ4n) is 2.76. The third-order valence-corrected chi connectivity index (χ3v) is 3.71. The van der Waals surface area contributed by atoms with Crippen molar-refractivity contribution in [1.29, 1.82) is 0 Å². The minimum atomic E-state index is 0.126. The van der Waals surface area contributed by atoms with E-state index >= 15 is 0 Å². The van der Waals surface area contributed by atoms with E-state index in [1.165, 1.54) is 6.42 Å². The summed E-state index contributed by atoms with van der Waals surface area (Å²) < 4.78 is 0. The molecule has 1 amide bonds. The normalized spacial score (nSPS) is 28.5. The van der Waals surface area contributed by atoms with Crippen LogP contribution in [-0.2, 0) is 4.79 Å². The zero-order valence-corrected chi connectivity index (χ0v) is 11.1. The predicted molar refractivity (Wildman–Crippen MR) is 68.1 cm³/mol. The molecule has 1 saturated carbocycles. The molecule has 0 bridgehead atoms. The number of allylic oxidation sites excluding steroid dienone is 1. The molecule has 0 aromatic carbocycles. The van der Waals surface area contributed by atoms with E-state index in [2.05, 4.69) is 32.7 Å². The summed E-state index contributed by atoms with van der Waals surface area (Å²) in [5.41, 5.74) is 1.45. The molecule has 0 heterocycles. The van der Waals surface area contributed by atoms with Crippen molar-refractivity contribution in [2.45, 2.75) is 47.0 Å². The molecule has 0 unspecified atom stereocenters. The van der Waals surface area contributed by atoms with E-state index < -0.39 is 0 Å². The van der Waals surface area contributed by atoms with Crippen molar-refractivity contribution in [3.63, 3.8) is 0 Å². The first-order valence-electron chi connectivity index (χ1n) is 6.30. The molecule has 0 aromatic rings. The van der Waals surface area contributed by atoms with Gasteiger partial charge in [-0.1, -0.05) is 26.0 Å². The van der Waals surface area contributed by atoms with Crippen molar-refractivity contribution in [2.24, 2.45) is 17.3 Å². The molecule has 2 atom stereocenters. The lowest BCUT2D eigenvalue weighted by molar-refractivity contribution is -0.128. The molecule has 1 N–H and O–H groups in total. The van der Waals surface area contributed by atoms with Crippen LogP contribution in [0.15, 0.2) is 12.2 Å². The summed E-state index contributed by atoms with van der Waals surface area (Å²) in [5, 5.41) is 2.96. The summed E-state index contributed by atoms with van der Waals surface area (Å²) in [5.74, 6) is 0.712. The molecular weight excluding hydrogens is 198 g/mol. The molecule has 0 radical (unpaired) electrons. The molecule has 0 aromatic heterocycles. The van der Waals surface area contributed by atoms with Crippen LogP contribution in [0.5, 0.6) is 0 Å². The Morgan fingerprint density at radius 3 is 2.56 bits per heavy atom. The smallest absolute Gasteiger partial charge is 0.223 e. The van der Waals surface area contributed by atoms with Crippen molar-refractivity contribution < 1.29 is 4.79 Å². The highest BCUT2D eigenvalue weighted by Crippen LogP contribution is 2.44. The van der Waals surface area contributed by atoms with Gasteiger partial charge in [-0.3, -0.25) is 4.79 Å². The Kier molecular flexibility index (Phi) is 4.17. The van der Waals surface area contributed by atoms with E-state index in [1.54, 1.807) is 0 Å². The zero-order chi connectivity index (χ0) is 12.3. The second-order valence-electron chi connectivity index (χ2n) is 5.86. The van der Waals surface area contributed by atoms with E-state index in [9.17, 15) is 4.79 Å². The maximum atomic E-state index is 12.0. The first kappa shape index (κ1) is 13.3. The molecule has 16 heavy (non-hydrogen) atoms. The molecule has 0 aliphatic heterocycles. The average Bonchev–Trinajstić information content (AvgIpc) is 2.16. The number of carbonyl (C=O) groups is 1. The van der Waals surface area contributed by atoms with Crippen LogP contribution in [0.4, 0.5) is 0 Å². The number of hydrogen-bond donors (Lipinski definition) is 1. The van der Waals surface area contributed by atoms with Crippen LogP contribution in [0.1, 0.15) is 47.0 Å². The monoisotopic (exact) mass is 223 g/mol. The quantitative estimate of drug-likeness (QED) is 0.732. The lowest BCUT2D eigenvalue weighted by Crippen LogP contribution is -2.41. The molecule has 2 heteroatoms. The Labute approximate surface area is 99.5 Å². The van der Waals surface area contributed by atoms with Crippen molar-refractivity contribution >= 4 is 5.91 Å². The standard InChI is InChI=1S/C14H25NO/c1-6-15-13(16)12-9-14(4,5)8-7-11(12)10(2)3/h11-12H,2,6-9H2,1,3-5H3,(H,15,16)/t11-,12+/m1/s1. The van der Waals surface area contributed by atoms with Crippen molar-refractivity contribution in [3.05, 3.63) is 12.2 Å². The topological polar surface area (TPSA) is 29.1 Å². The Balaban J connectivity index is 2.79. The van der Waals surface area contributed by atoms with Gasteiger partial charge in [-0.25, -0.2) is 0 Å². The number of rotatable bonds is 3. The summed E-state index contributed by atoms with van der Waals surface area (Å²) in [4.78, 5) is 12.0. The third kappa shape index (κ3) is 3.10. The lowest BCUT2D eigenvalue weighted by atomic mass is 9.65. The number of amides is 1. The molecule has 0 spiro atoms. The van der Waals surface area contributed by atoms with Gasteiger partial charge in [0.05, 0.1) is 0 Å². The highest BCUT2D eigenvalue weighted by atomic mass is 16.1. The van der Waals surface area contributed by atoms with Gasteiger partial charge in [0.15, 0.2) is 0 Å². The molecule has 2 nitrogen and oxygen atoms in total. The predicted octanol–water partition coefficient (Wildman–Crippen LogP) is 3.14. The first-order valence-corrected chi connectivity index (χ1v) is 6.30. The Hall–Kier alpha value is -0.790. The lowest BCUT2D eigenvalue weighted by Gasteiger charge is -2.40. The van der Waals surface area contributed by atoms with E-state index in [4.69, 9.17) is 0 Å². The minimum absolute atomic E-state index is 0.126.